The molecule has 156 valence electrons. The molecule has 0 spiro atoms. The summed E-state index contributed by atoms with van der Waals surface area (Å²) < 4.78 is 37.0. The second-order valence-electron chi connectivity index (χ2n) is 7.78. The number of rotatable bonds is 9. The lowest BCUT2D eigenvalue weighted by atomic mass is 9.89. The van der Waals surface area contributed by atoms with Crippen LogP contribution in [0.4, 0.5) is 0 Å². The van der Waals surface area contributed by atoms with Gasteiger partial charge in [0.15, 0.2) is 0 Å². The molecule has 0 heterocycles. The van der Waals surface area contributed by atoms with Crippen molar-refractivity contribution >= 4 is 5.97 Å². The molecule has 28 heavy (non-hydrogen) atoms. The number of carbonyl (C=O) groups is 1. The molecule has 0 bridgehead atoms. The van der Waals surface area contributed by atoms with E-state index in [0.29, 0.717) is 25.7 Å². The van der Waals surface area contributed by atoms with Gasteiger partial charge in [0.1, 0.15) is 0 Å². The van der Waals surface area contributed by atoms with Crippen molar-refractivity contribution in [2.75, 3.05) is 6.61 Å². The Morgan fingerprint density at radius 3 is 2.96 bits per heavy atom. The third-order valence-electron chi connectivity index (χ3n) is 5.74. The third kappa shape index (κ3) is 6.50. The molecule has 4 heteroatoms. The summed E-state index contributed by atoms with van der Waals surface area (Å²) in [6.07, 6.45) is 1.46. The molecule has 2 aliphatic carbocycles. The van der Waals surface area contributed by atoms with E-state index in [1.807, 2.05) is 13.0 Å². The van der Waals surface area contributed by atoms with Gasteiger partial charge in [0.05, 0.1) is 18.8 Å². The molecule has 0 aromatic carbocycles. The number of fused-ring (bicyclic) bond motifs is 1. The minimum atomic E-state index is -2.40. The van der Waals surface area contributed by atoms with Crippen molar-refractivity contribution in [2.45, 2.75) is 77.8 Å². The van der Waals surface area contributed by atoms with E-state index in [4.69, 9.17) is 10.2 Å². The Hall–Kier alpha value is -1.57. The number of allylic oxidation sites excluding steroid dienone is 2. The van der Waals surface area contributed by atoms with Crippen LogP contribution in [0.1, 0.15) is 71.1 Å². The van der Waals surface area contributed by atoms with Crippen molar-refractivity contribution in [1.29, 1.82) is 0 Å². The quantitative estimate of drug-likeness (QED) is 0.353. The summed E-state index contributed by atoms with van der Waals surface area (Å²) in [5, 5.41) is 20.9. The first-order chi connectivity index (χ1) is 14.9. The number of aliphatic hydroxyl groups is 2. The van der Waals surface area contributed by atoms with Crippen LogP contribution in [0.3, 0.4) is 0 Å². The van der Waals surface area contributed by atoms with Crippen LogP contribution in [0.2, 0.25) is 0 Å². The Labute approximate surface area is 175 Å². The first-order valence-corrected chi connectivity index (χ1v) is 10.2. The Balaban J connectivity index is 2.05. The largest absolute Gasteiger partial charge is 0.466 e. The van der Waals surface area contributed by atoms with Gasteiger partial charge in [0.2, 0.25) is 0 Å². The Bertz CT molecular complexity index is 781. The molecule has 2 fully saturated rings. The zero-order chi connectivity index (χ0) is 24.1. The molecule has 0 radical (unpaired) electrons. The first kappa shape index (κ1) is 17.3. The van der Waals surface area contributed by atoms with Gasteiger partial charge in [-0.1, -0.05) is 30.7 Å². The van der Waals surface area contributed by atoms with Crippen LogP contribution in [0.25, 0.3) is 0 Å². The molecule has 0 aromatic rings. The fourth-order valence-electron chi connectivity index (χ4n) is 4.21. The summed E-state index contributed by atoms with van der Waals surface area (Å²) in [5.41, 5.74) is 0.891. The van der Waals surface area contributed by atoms with Crippen molar-refractivity contribution in [2.24, 2.45) is 23.7 Å². The summed E-state index contributed by atoms with van der Waals surface area (Å²) >= 11 is 0. The van der Waals surface area contributed by atoms with E-state index in [-0.39, 0.29) is 30.3 Å². The van der Waals surface area contributed by atoms with Crippen molar-refractivity contribution in [3.05, 3.63) is 23.8 Å². The molecule has 2 aliphatic rings. The molecule has 2 rings (SSSR count). The Kier molecular flexibility index (Phi) is 7.07. The van der Waals surface area contributed by atoms with Gasteiger partial charge in [-0.2, -0.15) is 0 Å². The van der Waals surface area contributed by atoms with E-state index >= 15 is 0 Å². The molecule has 0 aliphatic heterocycles. The lowest BCUT2D eigenvalue weighted by Crippen LogP contribution is -2.19. The van der Waals surface area contributed by atoms with Crippen molar-refractivity contribution in [1.82, 2.24) is 0 Å². The van der Waals surface area contributed by atoms with Crippen LogP contribution in [0.5, 0.6) is 0 Å². The average Bonchev–Trinajstić information content (AvgIpc) is 3.18. The highest BCUT2D eigenvalue weighted by Crippen LogP contribution is 2.50. The Morgan fingerprint density at radius 1 is 1.46 bits per heavy atom. The van der Waals surface area contributed by atoms with Gasteiger partial charge in [-0.15, -0.1) is 11.8 Å². The van der Waals surface area contributed by atoms with E-state index in [2.05, 4.69) is 11.8 Å². The second kappa shape index (κ2) is 11.4. The molecular formula is C24H36O4. The van der Waals surface area contributed by atoms with Crippen LogP contribution < -0.4 is 0 Å². The van der Waals surface area contributed by atoms with E-state index in [9.17, 15) is 15.0 Å². The van der Waals surface area contributed by atoms with Gasteiger partial charge in [-0.25, -0.2) is 0 Å². The molecular weight excluding hydrogens is 352 g/mol. The summed E-state index contributed by atoms with van der Waals surface area (Å²) in [5.74, 6) is 5.02. The van der Waals surface area contributed by atoms with Crippen LogP contribution in [-0.4, -0.2) is 35.0 Å². The summed E-state index contributed by atoms with van der Waals surface area (Å²) in [6, 6.07) is 0. The molecule has 0 aromatic heterocycles. The zero-order valence-corrected chi connectivity index (χ0v) is 17.1. The van der Waals surface area contributed by atoms with E-state index in [0.717, 1.165) is 5.57 Å². The topological polar surface area (TPSA) is 66.8 Å². The van der Waals surface area contributed by atoms with Gasteiger partial charge in [-0.3, -0.25) is 4.79 Å². The van der Waals surface area contributed by atoms with Crippen molar-refractivity contribution in [3.63, 3.8) is 0 Å². The van der Waals surface area contributed by atoms with Gasteiger partial charge in [-0.05, 0) is 63.7 Å². The van der Waals surface area contributed by atoms with Gasteiger partial charge < -0.3 is 14.9 Å². The summed E-state index contributed by atoms with van der Waals surface area (Å²) in [6.45, 7) is 5.33. The number of aliphatic hydroxyl groups excluding tert-OH is 2. The van der Waals surface area contributed by atoms with Crippen LogP contribution in [0, 0.1) is 35.5 Å². The Morgan fingerprint density at radius 2 is 2.25 bits per heavy atom. The highest BCUT2D eigenvalue weighted by molar-refractivity contribution is 5.69. The lowest BCUT2D eigenvalue weighted by Gasteiger charge is -2.19. The molecule has 1 unspecified atom stereocenters. The average molecular weight is 393 g/mol. The zero-order valence-electron chi connectivity index (χ0n) is 21.1. The standard InChI is InChI=1S/C24H36O4/c1-4-6-9-17(3)22(25)13-12-20-21-15-18(14-19(21)16-23(20)26)10-7-8-11-24(27)28-5-2/h10,12-13,17,19-23,25-26H,5,7-9,11,14-16H2,1-3H3/b13-12+,18-10+/t17?,19-,20+,21-,22+,23+/m0/s1/i7D2,11D2. The van der Waals surface area contributed by atoms with Crippen molar-refractivity contribution in [3.8, 4) is 11.8 Å². The monoisotopic (exact) mass is 392 g/mol. The normalized spacial score (nSPS) is 33.2. The van der Waals surface area contributed by atoms with E-state index in [1.165, 1.54) is 6.08 Å². The predicted molar refractivity (Wildman–Crippen MR) is 111 cm³/mol. The number of hydrogen-bond donors (Lipinski definition) is 2. The van der Waals surface area contributed by atoms with Crippen LogP contribution >= 0.6 is 0 Å². The first-order valence-electron chi connectivity index (χ1n) is 12.2. The minimum Gasteiger partial charge on any atom is -0.466 e. The maximum atomic E-state index is 11.8. The van der Waals surface area contributed by atoms with E-state index < -0.39 is 37.3 Å². The maximum absolute atomic E-state index is 11.8. The fourth-order valence-corrected chi connectivity index (χ4v) is 4.21. The smallest absolute Gasteiger partial charge is 0.305 e. The van der Waals surface area contributed by atoms with E-state index in [1.54, 1.807) is 19.9 Å². The van der Waals surface area contributed by atoms with Crippen LogP contribution in [0.15, 0.2) is 23.8 Å². The summed E-state index contributed by atoms with van der Waals surface area (Å²) in [7, 11) is 0. The van der Waals surface area contributed by atoms with Gasteiger partial charge in [0, 0.05) is 24.2 Å². The van der Waals surface area contributed by atoms with Gasteiger partial charge in [0.25, 0.3) is 0 Å². The second-order valence-corrected chi connectivity index (χ2v) is 7.78. The van der Waals surface area contributed by atoms with Gasteiger partial charge >= 0.3 is 5.97 Å². The number of hydrogen-bond acceptors (Lipinski definition) is 4. The minimum absolute atomic E-state index is 0.00580. The molecule has 6 atom stereocenters. The SMILES string of the molecule is [2H]C([2H])(/C=C1\C[C@H]2C[C@@H](O)[C@H](/C=C/[C@@H](O)C(C)CC#CC)[C@H]2C1)CC([2H])([2H])C(=O)OCC. The predicted octanol–water partition coefficient (Wildman–Crippen LogP) is 4.02. The number of esters is 1. The number of carbonyl (C=O) groups excluding carboxylic acids is 1. The highest BCUT2D eigenvalue weighted by Gasteiger charge is 2.44. The highest BCUT2D eigenvalue weighted by atomic mass is 16.5. The summed E-state index contributed by atoms with van der Waals surface area (Å²) in [4.78, 5) is 11.8. The number of ether oxygens (including phenoxy) is 1. The third-order valence-corrected chi connectivity index (χ3v) is 5.74. The van der Waals surface area contributed by atoms with Crippen molar-refractivity contribution < 1.29 is 25.2 Å². The molecule has 4 nitrogen and oxygen atoms in total. The molecule has 0 saturated heterocycles. The molecule has 0 amide bonds. The lowest BCUT2D eigenvalue weighted by molar-refractivity contribution is -0.143. The van der Waals surface area contributed by atoms with Crippen LogP contribution in [-0.2, 0) is 9.53 Å². The molecule has 2 saturated carbocycles. The molecule has 2 N–H and O–H groups in total. The maximum Gasteiger partial charge on any atom is 0.305 e. The fraction of sp³-hybridized carbons (Fsp3) is 0.708.